The Hall–Kier alpha value is -2.17. The number of Topliss-reactive ketones (excluding diaryl/α,β-unsaturated/α-hetero) is 1. The van der Waals surface area contributed by atoms with E-state index >= 15 is 0 Å². The molecule has 0 atom stereocenters. The Morgan fingerprint density at radius 1 is 0.938 bits per heavy atom. The summed E-state index contributed by atoms with van der Waals surface area (Å²) >= 11 is 0. The molecule has 5 nitrogen and oxygen atoms in total. The lowest BCUT2D eigenvalue weighted by Crippen LogP contribution is -2.09. The minimum absolute atomic E-state index is 0.0521. The quantitative estimate of drug-likeness (QED) is 0.735. The van der Waals surface area contributed by atoms with Crippen molar-refractivity contribution in [3.05, 3.63) is 35.4 Å². The Balaban J connectivity index is 2.90. The monoisotopic (exact) mass is 222 g/mol. The molecule has 1 aromatic rings. The molecule has 0 unspecified atom stereocenters. The van der Waals surface area contributed by atoms with E-state index < -0.39 is 17.7 Å². The van der Waals surface area contributed by atoms with Gasteiger partial charge in [0.25, 0.3) is 0 Å². The predicted molar refractivity (Wildman–Crippen MR) is 54.6 cm³/mol. The molecule has 0 aliphatic carbocycles. The third-order valence-electron chi connectivity index (χ3n) is 2.02. The van der Waals surface area contributed by atoms with Crippen LogP contribution in [0.15, 0.2) is 24.3 Å². The summed E-state index contributed by atoms with van der Waals surface area (Å²) in [7, 11) is 0. The molecule has 0 bridgehead atoms. The molecule has 1 rings (SSSR count). The van der Waals surface area contributed by atoms with Gasteiger partial charge in [0.05, 0.1) is 12.0 Å². The van der Waals surface area contributed by atoms with Gasteiger partial charge in [0.1, 0.15) is 0 Å². The Kier molecular flexibility index (Phi) is 3.77. The minimum atomic E-state index is -1.20. The molecular weight excluding hydrogens is 212 g/mol. The van der Waals surface area contributed by atoms with Gasteiger partial charge in [-0.15, -0.1) is 0 Å². The third-order valence-corrected chi connectivity index (χ3v) is 2.02. The highest BCUT2D eigenvalue weighted by atomic mass is 16.4. The molecule has 84 valence electrons. The van der Waals surface area contributed by atoms with E-state index in [1.807, 2.05) is 0 Å². The summed E-state index contributed by atoms with van der Waals surface area (Å²) in [6, 6.07) is 5.75. The van der Waals surface area contributed by atoms with Crippen LogP contribution in [0.5, 0.6) is 0 Å². The highest BCUT2D eigenvalue weighted by Crippen LogP contribution is 2.12. The first kappa shape index (κ1) is 11.9. The Morgan fingerprint density at radius 3 is 2.00 bits per heavy atom. The van der Waals surface area contributed by atoms with E-state index in [-0.39, 0.29) is 24.0 Å². The second-order valence-corrected chi connectivity index (χ2v) is 3.17. The normalized spacial score (nSPS) is 9.75. The van der Waals surface area contributed by atoms with E-state index in [2.05, 4.69) is 0 Å². The molecule has 0 fully saturated rings. The summed E-state index contributed by atoms with van der Waals surface area (Å²) in [6.45, 7) is 0. The van der Waals surface area contributed by atoms with E-state index in [1.54, 1.807) is 6.07 Å². The van der Waals surface area contributed by atoms with Gasteiger partial charge in [-0.3, -0.25) is 9.59 Å². The molecule has 1 aromatic carbocycles. The first-order valence-electron chi connectivity index (χ1n) is 4.59. The molecule has 0 radical (unpaired) electrons. The van der Waals surface area contributed by atoms with Crippen molar-refractivity contribution in [3.8, 4) is 0 Å². The fourth-order valence-corrected chi connectivity index (χ4v) is 1.27. The van der Waals surface area contributed by atoms with Crippen molar-refractivity contribution in [2.45, 2.75) is 12.8 Å². The van der Waals surface area contributed by atoms with Crippen LogP contribution in [0.25, 0.3) is 0 Å². The maximum Gasteiger partial charge on any atom is 0.336 e. The summed E-state index contributed by atoms with van der Waals surface area (Å²) in [6.07, 6.45) is -0.494. The molecule has 2 N–H and O–H groups in total. The van der Waals surface area contributed by atoms with Crippen molar-refractivity contribution in [1.29, 1.82) is 0 Å². The summed E-state index contributed by atoms with van der Waals surface area (Å²) in [5.41, 5.74) is -0.0471. The zero-order valence-electron chi connectivity index (χ0n) is 8.34. The number of rotatable bonds is 5. The molecular formula is C11H10O5. The van der Waals surface area contributed by atoms with E-state index in [0.717, 1.165) is 0 Å². The first-order chi connectivity index (χ1) is 7.52. The SMILES string of the molecule is O=C(O)CCC(=O)c1ccccc1C(=O)O. The Bertz CT molecular complexity index is 436. The average Bonchev–Trinajstić information content (AvgIpc) is 2.25. The molecule has 5 heteroatoms. The largest absolute Gasteiger partial charge is 0.481 e. The van der Waals surface area contributed by atoms with Crippen LogP contribution >= 0.6 is 0 Å². The molecule has 0 saturated heterocycles. The molecule has 0 aliphatic heterocycles. The lowest BCUT2D eigenvalue weighted by molar-refractivity contribution is -0.136. The van der Waals surface area contributed by atoms with Crippen LogP contribution in [0, 0.1) is 0 Å². The standard InChI is InChI=1S/C11H10O5/c12-9(5-6-10(13)14)7-3-1-2-4-8(7)11(15)16/h1-4H,5-6H2,(H,13,14)(H,15,16). The number of benzene rings is 1. The van der Waals surface area contributed by atoms with Gasteiger partial charge in [-0.1, -0.05) is 18.2 Å². The summed E-state index contributed by atoms with van der Waals surface area (Å²) in [5, 5.41) is 17.2. The van der Waals surface area contributed by atoms with Crippen molar-refractivity contribution in [1.82, 2.24) is 0 Å². The summed E-state index contributed by atoms with van der Waals surface area (Å²) < 4.78 is 0. The van der Waals surface area contributed by atoms with Gasteiger partial charge in [0.2, 0.25) is 0 Å². The zero-order chi connectivity index (χ0) is 12.1. The van der Waals surface area contributed by atoms with E-state index in [0.29, 0.717) is 0 Å². The highest BCUT2D eigenvalue weighted by molar-refractivity contribution is 6.06. The van der Waals surface area contributed by atoms with Crippen molar-refractivity contribution >= 4 is 17.7 Å². The first-order valence-corrected chi connectivity index (χ1v) is 4.59. The zero-order valence-corrected chi connectivity index (χ0v) is 8.34. The fourth-order valence-electron chi connectivity index (χ4n) is 1.27. The Labute approximate surface area is 91.3 Å². The van der Waals surface area contributed by atoms with Crippen molar-refractivity contribution in [3.63, 3.8) is 0 Å². The number of aromatic carboxylic acids is 1. The average molecular weight is 222 g/mol. The topological polar surface area (TPSA) is 91.7 Å². The number of carboxylic acid groups (broad SMARTS) is 2. The number of aliphatic carboxylic acids is 1. The highest BCUT2D eigenvalue weighted by Gasteiger charge is 2.16. The van der Waals surface area contributed by atoms with Crippen molar-refractivity contribution in [2.75, 3.05) is 0 Å². The number of carbonyl (C=O) groups is 3. The smallest absolute Gasteiger partial charge is 0.336 e. The van der Waals surface area contributed by atoms with Crippen LogP contribution < -0.4 is 0 Å². The van der Waals surface area contributed by atoms with Gasteiger partial charge < -0.3 is 10.2 Å². The van der Waals surface area contributed by atoms with Crippen molar-refractivity contribution < 1.29 is 24.6 Å². The van der Waals surface area contributed by atoms with Crippen LogP contribution in [-0.2, 0) is 4.79 Å². The van der Waals surface area contributed by atoms with E-state index in [4.69, 9.17) is 10.2 Å². The fraction of sp³-hybridized carbons (Fsp3) is 0.182. The Morgan fingerprint density at radius 2 is 1.50 bits per heavy atom. The number of ketones is 1. The minimum Gasteiger partial charge on any atom is -0.481 e. The summed E-state index contributed by atoms with van der Waals surface area (Å²) in [5.74, 6) is -2.75. The lowest BCUT2D eigenvalue weighted by Gasteiger charge is -2.03. The molecule has 16 heavy (non-hydrogen) atoms. The van der Waals surface area contributed by atoms with Crippen molar-refractivity contribution in [2.24, 2.45) is 0 Å². The maximum atomic E-state index is 11.5. The molecule has 0 aromatic heterocycles. The van der Waals surface area contributed by atoms with Gasteiger partial charge >= 0.3 is 11.9 Å². The molecule has 0 saturated carbocycles. The second kappa shape index (κ2) is 5.06. The molecule has 0 amide bonds. The maximum absolute atomic E-state index is 11.5. The third kappa shape index (κ3) is 2.91. The van der Waals surface area contributed by atoms with Gasteiger partial charge in [0, 0.05) is 12.0 Å². The molecule has 0 heterocycles. The van der Waals surface area contributed by atoms with Crippen LogP contribution in [-0.4, -0.2) is 27.9 Å². The van der Waals surface area contributed by atoms with Crippen LogP contribution in [0.1, 0.15) is 33.6 Å². The number of hydrogen-bond donors (Lipinski definition) is 2. The number of carbonyl (C=O) groups excluding carboxylic acids is 1. The van der Waals surface area contributed by atoms with E-state index in [1.165, 1.54) is 18.2 Å². The van der Waals surface area contributed by atoms with Gasteiger partial charge in [0.15, 0.2) is 5.78 Å². The van der Waals surface area contributed by atoms with Gasteiger partial charge in [-0.2, -0.15) is 0 Å². The second-order valence-electron chi connectivity index (χ2n) is 3.17. The van der Waals surface area contributed by atoms with Crippen LogP contribution in [0.2, 0.25) is 0 Å². The molecule has 0 aliphatic rings. The van der Waals surface area contributed by atoms with E-state index in [9.17, 15) is 14.4 Å². The molecule has 0 spiro atoms. The van der Waals surface area contributed by atoms with Crippen LogP contribution in [0.3, 0.4) is 0 Å². The number of hydrogen-bond acceptors (Lipinski definition) is 3. The number of carboxylic acids is 2. The van der Waals surface area contributed by atoms with Crippen LogP contribution in [0.4, 0.5) is 0 Å². The predicted octanol–water partition coefficient (Wildman–Crippen LogP) is 1.43. The van der Waals surface area contributed by atoms with Gasteiger partial charge in [-0.25, -0.2) is 4.79 Å². The lowest BCUT2D eigenvalue weighted by atomic mass is 10.0. The summed E-state index contributed by atoms with van der Waals surface area (Å²) in [4.78, 5) is 32.6. The van der Waals surface area contributed by atoms with Gasteiger partial charge in [-0.05, 0) is 6.07 Å².